The molecule has 4 saturated heterocycles. The summed E-state index contributed by atoms with van der Waals surface area (Å²) in [6.45, 7) is 6.93. The summed E-state index contributed by atoms with van der Waals surface area (Å²) in [6, 6.07) is 4.16. The van der Waals surface area contributed by atoms with E-state index >= 15 is 0 Å². The smallest absolute Gasteiger partial charge is 0.282 e. The van der Waals surface area contributed by atoms with Crippen LogP contribution < -0.4 is 10.2 Å². The maximum atomic E-state index is 13.2. The van der Waals surface area contributed by atoms with Gasteiger partial charge in [0, 0.05) is 58.1 Å². The molecule has 1 unspecified atom stereocenters. The summed E-state index contributed by atoms with van der Waals surface area (Å²) in [7, 11) is 0. The number of aromatic nitrogens is 1. The molecule has 4 atom stereocenters. The Labute approximate surface area is 172 Å². The molecule has 1 amide bonds. The van der Waals surface area contributed by atoms with E-state index < -0.39 is 0 Å². The summed E-state index contributed by atoms with van der Waals surface area (Å²) in [5, 5.41) is 5.52. The molecule has 2 bridgehead atoms. The van der Waals surface area contributed by atoms with Gasteiger partial charge in [-0.1, -0.05) is 25.4 Å². The topological polar surface area (TPSA) is 49.3 Å². The highest BCUT2D eigenvalue weighted by molar-refractivity contribution is 9.10. The number of aromatic amines is 1. The highest BCUT2D eigenvalue weighted by atomic mass is 79.9. The zero-order valence-electron chi connectivity index (χ0n) is 15.6. The molecule has 0 saturated carbocycles. The van der Waals surface area contributed by atoms with Crippen molar-refractivity contribution in [3.05, 3.63) is 32.9 Å². The maximum absolute atomic E-state index is 13.2. The van der Waals surface area contributed by atoms with Crippen LogP contribution in [0.25, 0.3) is 10.9 Å². The lowest BCUT2D eigenvalue weighted by atomic mass is 9.51. The number of hydrogen-bond acceptors (Lipinski definition) is 1. The first-order chi connectivity index (χ1) is 12.8. The number of nitrogens with one attached hydrogen (secondary N) is 3. The van der Waals surface area contributed by atoms with Crippen LogP contribution in [0.1, 0.15) is 44.4 Å². The van der Waals surface area contributed by atoms with Gasteiger partial charge in [0.1, 0.15) is 6.54 Å². The van der Waals surface area contributed by atoms with Crippen LogP contribution in [0.4, 0.5) is 0 Å². The quantitative estimate of drug-likeness (QED) is 0.569. The molecular formula is C21H24BrClN3O+. The standard InChI is InChI=1S/C21H23BrClN3O/c1-19(2)16-9-21-4-3-5-26(21)10-20(16,25-18(21)27)8-12-11-6-13(22)14(23)7-15(11)24-17(12)19/h6-7,16,24H,3-5,8-10H2,1-2H3,(H,25,27)/p+1/t16-,20+,21-/m0/s1. The summed E-state index contributed by atoms with van der Waals surface area (Å²) < 4.78 is 0.927. The molecule has 4 fully saturated rings. The highest BCUT2D eigenvalue weighted by Crippen LogP contribution is 2.54. The van der Waals surface area contributed by atoms with E-state index in [1.807, 2.05) is 6.07 Å². The van der Waals surface area contributed by atoms with Crippen LogP contribution >= 0.6 is 27.5 Å². The van der Waals surface area contributed by atoms with Crippen LogP contribution in [0.2, 0.25) is 5.02 Å². The van der Waals surface area contributed by atoms with Crippen LogP contribution in [-0.4, -0.2) is 35.1 Å². The van der Waals surface area contributed by atoms with E-state index in [4.69, 9.17) is 11.6 Å². The number of fused-ring (bicyclic) bond motifs is 4. The number of carbonyl (C=O) groups is 1. The Morgan fingerprint density at radius 3 is 2.96 bits per heavy atom. The van der Waals surface area contributed by atoms with Gasteiger partial charge >= 0.3 is 0 Å². The van der Waals surface area contributed by atoms with Crippen LogP contribution in [0.3, 0.4) is 0 Å². The molecule has 1 aromatic heterocycles. The summed E-state index contributed by atoms with van der Waals surface area (Å²) >= 11 is 9.95. The molecule has 4 aliphatic heterocycles. The van der Waals surface area contributed by atoms with Gasteiger partial charge in [0.05, 0.1) is 17.1 Å². The predicted octanol–water partition coefficient (Wildman–Crippen LogP) is 2.72. The zero-order valence-corrected chi connectivity index (χ0v) is 18.0. The SMILES string of the molecule is CC1(C)c2[nH]c3cc(Cl)c(Br)cc3c2C[C@@]23C[NH+]4CCC[C@]4(C[C@@H]12)C(=O)N3. The molecule has 0 radical (unpaired) electrons. The first-order valence-corrected chi connectivity index (χ1v) is 11.1. The fourth-order valence-electron chi connectivity index (χ4n) is 7.06. The summed E-state index contributed by atoms with van der Waals surface area (Å²) in [5.74, 6) is 0.768. The predicted molar refractivity (Wildman–Crippen MR) is 109 cm³/mol. The number of halogens is 2. The molecule has 2 aromatic rings. The molecule has 2 spiro atoms. The summed E-state index contributed by atoms with van der Waals surface area (Å²) in [6.07, 6.45) is 4.14. The molecule has 6 heteroatoms. The Balaban J connectivity index is 1.59. The van der Waals surface area contributed by atoms with E-state index in [1.54, 1.807) is 0 Å². The third kappa shape index (κ3) is 1.87. The Hall–Kier alpha value is -1.04. The average Bonchev–Trinajstić information content (AvgIpc) is 3.17. The molecule has 5 heterocycles. The van der Waals surface area contributed by atoms with Crippen molar-refractivity contribution in [3.8, 4) is 0 Å². The Bertz CT molecular complexity index is 1030. The molecule has 1 aliphatic carbocycles. The number of piperazine rings is 1. The van der Waals surface area contributed by atoms with Gasteiger partial charge in [-0.2, -0.15) is 0 Å². The van der Waals surface area contributed by atoms with Crippen LogP contribution in [0.5, 0.6) is 0 Å². The third-order valence-electron chi connectivity index (χ3n) is 8.26. The number of benzene rings is 1. The lowest BCUT2D eigenvalue weighted by Crippen LogP contribution is -3.26. The first kappa shape index (κ1) is 16.9. The lowest BCUT2D eigenvalue weighted by molar-refractivity contribution is -0.944. The first-order valence-electron chi connectivity index (χ1n) is 9.95. The number of piperidine rings is 2. The van der Waals surface area contributed by atoms with Gasteiger partial charge in [0.15, 0.2) is 5.54 Å². The van der Waals surface area contributed by atoms with Crippen LogP contribution in [-0.2, 0) is 16.6 Å². The average molecular weight is 450 g/mol. The number of hydrogen-bond donors (Lipinski definition) is 3. The van der Waals surface area contributed by atoms with Gasteiger partial charge < -0.3 is 15.2 Å². The van der Waals surface area contributed by atoms with Crippen molar-refractivity contribution in [1.82, 2.24) is 10.3 Å². The second kappa shape index (κ2) is 4.92. The molecule has 4 nitrogen and oxygen atoms in total. The molecule has 7 rings (SSSR count). The fourth-order valence-corrected chi connectivity index (χ4v) is 7.57. The van der Waals surface area contributed by atoms with Crippen LogP contribution in [0, 0.1) is 5.92 Å². The van der Waals surface area contributed by atoms with Crippen molar-refractivity contribution in [2.24, 2.45) is 5.92 Å². The number of quaternary nitrogens is 1. The minimum atomic E-state index is -0.181. The lowest BCUT2D eigenvalue weighted by Gasteiger charge is -2.63. The molecule has 27 heavy (non-hydrogen) atoms. The Morgan fingerprint density at radius 2 is 2.15 bits per heavy atom. The Kier molecular flexibility index (Phi) is 3.08. The molecule has 3 N–H and O–H groups in total. The highest BCUT2D eigenvalue weighted by Gasteiger charge is 2.71. The second-order valence-corrected chi connectivity index (χ2v) is 11.0. The largest absolute Gasteiger partial charge is 0.358 e. The van der Waals surface area contributed by atoms with E-state index in [0.29, 0.717) is 11.8 Å². The summed E-state index contributed by atoms with van der Waals surface area (Å²) in [4.78, 5) is 18.4. The molecular weight excluding hydrogens is 426 g/mol. The van der Waals surface area contributed by atoms with E-state index in [2.05, 4.69) is 46.1 Å². The van der Waals surface area contributed by atoms with Gasteiger partial charge in [0.25, 0.3) is 5.91 Å². The monoisotopic (exact) mass is 448 g/mol. The Morgan fingerprint density at radius 1 is 1.33 bits per heavy atom. The van der Waals surface area contributed by atoms with E-state index in [1.165, 1.54) is 28.0 Å². The van der Waals surface area contributed by atoms with Crippen molar-refractivity contribution in [2.75, 3.05) is 13.1 Å². The van der Waals surface area contributed by atoms with Crippen molar-refractivity contribution in [1.29, 1.82) is 0 Å². The number of carbonyl (C=O) groups excluding carboxylic acids is 1. The molecule has 5 aliphatic rings. The van der Waals surface area contributed by atoms with Crippen molar-refractivity contribution in [3.63, 3.8) is 0 Å². The minimum absolute atomic E-state index is 0.0135. The summed E-state index contributed by atoms with van der Waals surface area (Å²) in [5.41, 5.74) is 3.47. The minimum Gasteiger partial charge on any atom is -0.358 e. The number of H-pyrrole nitrogens is 1. The van der Waals surface area contributed by atoms with E-state index in [-0.39, 0.29) is 16.5 Å². The van der Waals surface area contributed by atoms with E-state index in [9.17, 15) is 4.79 Å². The second-order valence-electron chi connectivity index (χ2n) is 9.77. The van der Waals surface area contributed by atoms with Crippen molar-refractivity contribution in [2.45, 2.75) is 56.0 Å². The third-order valence-corrected chi connectivity index (χ3v) is 9.46. The van der Waals surface area contributed by atoms with Gasteiger partial charge in [-0.3, -0.25) is 4.79 Å². The normalized spacial score (nSPS) is 38.4. The van der Waals surface area contributed by atoms with Crippen LogP contribution in [0.15, 0.2) is 16.6 Å². The molecule has 142 valence electrons. The van der Waals surface area contributed by atoms with Crippen molar-refractivity contribution >= 4 is 44.3 Å². The van der Waals surface area contributed by atoms with E-state index in [0.717, 1.165) is 47.4 Å². The van der Waals surface area contributed by atoms with Gasteiger partial charge in [-0.25, -0.2) is 0 Å². The maximum Gasteiger partial charge on any atom is 0.282 e. The van der Waals surface area contributed by atoms with Gasteiger partial charge in [0.2, 0.25) is 0 Å². The zero-order chi connectivity index (χ0) is 18.8. The van der Waals surface area contributed by atoms with Crippen molar-refractivity contribution < 1.29 is 9.69 Å². The fraction of sp³-hybridized carbons (Fsp3) is 0.571. The number of rotatable bonds is 0. The van der Waals surface area contributed by atoms with Gasteiger partial charge in [-0.05, 0) is 33.6 Å². The molecule has 1 aromatic carbocycles. The number of amides is 1. The van der Waals surface area contributed by atoms with Gasteiger partial charge in [-0.15, -0.1) is 0 Å².